The van der Waals surface area contributed by atoms with Gasteiger partial charge in [-0.1, -0.05) is 0 Å². The Morgan fingerprint density at radius 3 is 2.88 bits per heavy atom. The summed E-state index contributed by atoms with van der Waals surface area (Å²) in [5.74, 6) is 0.802. The minimum absolute atomic E-state index is 0.489. The Balaban J connectivity index is 1.79. The van der Waals surface area contributed by atoms with E-state index in [2.05, 4.69) is 30.6 Å². The number of thiophene rings is 1. The van der Waals surface area contributed by atoms with Gasteiger partial charge in [-0.25, -0.2) is 0 Å². The zero-order chi connectivity index (χ0) is 11.4. The molecule has 1 aliphatic rings. The van der Waals surface area contributed by atoms with E-state index in [4.69, 9.17) is 4.74 Å². The van der Waals surface area contributed by atoms with Crippen molar-refractivity contribution in [3.63, 3.8) is 0 Å². The van der Waals surface area contributed by atoms with Crippen LogP contribution in [-0.4, -0.2) is 19.8 Å². The molecule has 0 spiro atoms. The molecule has 1 saturated heterocycles. The first-order chi connectivity index (χ1) is 7.77. The summed E-state index contributed by atoms with van der Waals surface area (Å²) < 4.78 is 5.37. The SMILES string of the molecule is Cc1ccsc1C(C)NCC1CCOCC1. The molecule has 1 unspecified atom stereocenters. The minimum Gasteiger partial charge on any atom is -0.381 e. The van der Waals surface area contributed by atoms with E-state index in [1.54, 1.807) is 0 Å². The van der Waals surface area contributed by atoms with Crippen LogP contribution in [-0.2, 0) is 4.74 Å². The highest BCUT2D eigenvalue weighted by Gasteiger charge is 2.15. The molecule has 0 amide bonds. The first-order valence-corrected chi connectivity index (χ1v) is 7.00. The van der Waals surface area contributed by atoms with Crippen LogP contribution in [0.2, 0.25) is 0 Å². The Morgan fingerprint density at radius 1 is 1.50 bits per heavy atom. The smallest absolute Gasteiger partial charge is 0.0469 e. The van der Waals surface area contributed by atoms with Gasteiger partial charge in [0.05, 0.1) is 0 Å². The Bertz CT molecular complexity index is 317. The second-order valence-electron chi connectivity index (χ2n) is 4.65. The van der Waals surface area contributed by atoms with Crippen molar-refractivity contribution < 1.29 is 4.74 Å². The van der Waals surface area contributed by atoms with Crippen LogP contribution in [0.25, 0.3) is 0 Å². The molecule has 2 nitrogen and oxygen atoms in total. The number of aryl methyl sites for hydroxylation is 1. The molecule has 0 radical (unpaired) electrons. The molecule has 2 rings (SSSR count). The number of hydrogen-bond acceptors (Lipinski definition) is 3. The first-order valence-electron chi connectivity index (χ1n) is 6.12. The van der Waals surface area contributed by atoms with Crippen LogP contribution in [0.5, 0.6) is 0 Å². The standard InChI is InChI=1S/C13H21NOS/c1-10-5-8-16-13(10)11(2)14-9-12-3-6-15-7-4-12/h5,8,11-12,14H,3-4,6-7,9H2,1-2H3. The lowest BCUT2D eigenvalue weighted by atomic mass is 10.00. The predicted molar refractivity (Wildman–Crippen MR) is 69.0 cm³/mol. The Hall–Kier alpha value is -0.380. The Morgan fingerprint density at radius 2 is 2.25 bits per heavy atom. The zero-order valence-electron chi connectivity index (χ0n) is 10.2. The van der Waals surface area contributed by atoms with Crippen LogP contribution in [0.1, 0.15) is 36.2 Å². The van der Waals surface area contributed by atoms with E-state index in [1.165, 1.54) is 23.3 Å². The minimum atomic E-state index is 0.489. The highest BCUT2D eigenvalue weighted by atomic mass is 32.1. The van der Waals surface area contributed by atoms with E-state index in [1.807, 2.05) is 11.3 Å². The van der Waals surface area contributed by atoms with Gasteiger partial charge in [0.15, 0.2) is 0 Å². The van der Waals surface area contributed by atoms with Crippen molar-refractivity contribution in [1.29, 1.82) is 0 Å². The first kappa shape index (κ1) is 12.1. The van der Waals surface area contributed by atoms with Crippen LogP contribution >= 0.6 is 11.3 Å². The van der Waals surface area contributed by atoms with E-state index >= 15 is 0 Å². The maximum Gasteiger partial charge on any atom is 0.0469 e. The quantitative estimate of drug-likeness (QED) is 0.871. The molecular formula is C13H21NOS. The van der Waals surface area contributed by atoms with Crippen molar-refractivity contribution in [2.24, 2.45) is 5.92 Å². The fraction of sp³-hybridized carbons (Fsp3) is 0.692. The van der Waals surface area contributed by atoms with Gasteiger partial charge in [-0.15, -0.1) is 11.3 Å². The zero-order valence-corrected chi connectivity index (χ0v) is 11.0. The lowest BCUT2D eigenvalue weighted by molar-refractivity contribution is 0.0656. The van der Waals surface area contributed by atoms with Crippen molar-refractivity contribution in [3.8, 4) is 0 Å². The van der Waals surface area contributed by atoms with Crippen LogP contribution in [0, 0.1) is 12.8 Å². The number of hydrogen-bond donors (Lipinski definition) is 1. The molecule has 0 aliphatic carbocycles. The molecular weight excluding hydrogens is 218 g/mol. The molecule has 1 fully saturated rings. The van der Waals surface area contributed by atoms with Crippen molar-refractivity contribution in [3.05, 3.63) is 21.9 Å². The normalized spacial score (nSPS) is 19.9. The maximum absolute atomic E-state index is 5.37. The van der Waals surface area contributed by atoms with Crippen LogP contribution in [0.4, 0.5) is 0 Å². The van der Waals surface area contributed by atoms with Gasteiger partial charge >= 0.3 is 0 Å². The summed E-state index contributed by atoms with van der Waals surface area (Å²) in [7, 11) is 0. The number of rotatable bonds is 4. The van der Waals surface area contributed by atoms with Crippen molar-refractivity contribution in [1.82, 2.24) is 5.32 Å². The molecule has 1 aromatic rings. The summed E-state index contributed by atoms with van der Waals surface area (Å²) in [6.45, 7) is 7.47. The van der Waals surface area contributed by atoms with E-state index in [0.29, 0.717) is 6.04 Å². The molecule has 0 saturated carbocycles. The Kier molecular flexibility index (Phi) is 4.38. The molecule has 3 heteroatoms. The fourth-order valence-corrected chi connectivity index (χ4v) is 3.17. The average Bonchev–Trinajstić information content (AvgIpc) is 2.74. The molecule has 16 heavy (non-hydrogen) atoms. The van der Waals surface area contributed by atoms with Crippen molar-refractivity contribution in [2.45, 2.75) is 32.7 Å². The summed E-state index contributed by atoms with van der Waals surface area (Å²) in [4.78, 5) is 1.48. The van der Waals surface area contributed by atoms with Crippen molar-refractivity contribution in [2.75, 3.05) is 19.8 Å². The molecule has 0 bridgehead atoms. The third-order valence-electron chi connectivity index (χ3n) is 3.35. The highest BCUT2D eigenvalue weighted by molar-refractivity contribution is 7.10. The lowest BCUT2D eigenvalue weighted by Crippen LogP contribution is -2.29. The fourth-order valence-electron chi connectivity index (χ4n) is 2.21. The van der Waals surface area contributed by atoms with Gasteiger partial charge in [-0.05, 0) is 56.2 Å². The van der Waals surface area contributed by atoms with E-state index in [0.717, 1.165) is 25.7 Å². The summed E-state index contributed by atoms with van der Waals surface area (Å²) in [5, 5.41) is 5.83. The van der Waals surface area contributed by atoms with Gasteiger partial charge in [0.2, 0.25) is 0 Å². The van der Waals surface area contributed by atoms with Gasteiger partial charge in [0.25, 0.3) is 0 Å². The van der Waals surface area contributed by atoms with Gasteiger partial charge in [-0.3, -0.25) is 0 Å². The number of nitrogens with one attached hydrogen (secondary N) is 1. The summed E-state index contributed by atoms with van der Waals surface area (Å²) in [6.07, 6.45) is 2.42. The summed E-state index contributed by atoms with van der Waals surface area (Å²) in [5.41, 5.74) is 1.41. The predicted octanol–water partition coefficient (Wildman–Crippen LogP) is 3.13. The molecule has 1 N–H and O–H groups in total. The highest BCUT2D eigenvalue weighted by Crippen LogP contribution is 2.24. The second-order valence-corrected chi connectivity index (χ2v) is 5.60. The van der Waals surface area contributed by atoms with Crippen LogP contribution in [0.3, 0.4) is 0 Å². The lowest BCUT2D eigenvalue weighted by Gasteiger charge is -2.24. The monoisotopic (exact) mass is 239 g/mol. The van der Waals surface area contributed by atoms with Gasteiger partial charge in [-0.2, -0.15) is 0 Å². The Labute approximate surface area is 102 Å². The number of ether oxygens (including phenoxy) is 1. The van der Waals surface area contributed by atoms with E-state index in [-0.39, 0.29) is 0 Å². The third kappa shape index (κ3) is 3.06. The van der Waals surface area contributed by atoms with Gasteiger partial charge in [0.1, 0.15) is 0 Å². The maximum atomic E-state index is 5.37. The second kappa shape index (κ2) is 5.80. The van der Waals surface area contributed by atoms with E-state index < -0.39 is 0 Å². The van der Waals surface area contributed by atoms with Gasteiger partial charge in [0, 0.05) is 24.1 Å². The molecule has 1 aliphatic heterocycles. The largest absolute Gasteiger partial charge is 0.381 e. The topological polar surface area (TPSA) is 21.3 Å². The van der Waals surface area contributed by atoms with Crippen LogP contribution < -0.4 is 5.32 Å². The molecule has 1 atom stereocenters. The average molecular weight is 239 g/mol. The molecule has 90 valence electrons. The van der Waals surface area contributed by atoms with E-state index in [9.17, 15) is 0 Å². The molecule has 0 aromatic carbocycles. The molecule has 2 heterocycles. The van der Waals surface area contributed by atoms with Crippen molar-refractivity contribution >= 4 is 11.3 Å². The third-order valence-corrected chi connectivity index (χ3v) is 4.55. The molecule has 1 aromatic heterocycles. The summed E-state index contributed by atoms with van der Waals surface area (Å²) in [6, 6.07) is 2.69. The van der Waals surface area contributed by atoms with Crippen LogP contribution in [0.15, 0.2) is 11.4 Å². The van der Waals surface area contributed by atoms with Gasteiger partial charge < -0.3 is 10.1 Å². The summed E-state index contributed by atoms with van der Waals surface area (Å²) >= 11 is 1.86.